The molecule has 1 N–H and O–H groups in total. The van der Waals surface area contributed by atoms with E-state index in [9.17, 15) is 4.79 Å². The molecule has 114 valence electrons. The van der Waals surface area contributed by atoms with Gasteiger partial charge in [-0.3, -0.25) is 4.79 Å². The highest BCUT2D eigenvalue weighted by Crippen LogP contribution is 2.41. The summed E-state index contributed by atoms with van der Waals surface area (Å²) in [5.74, 6) is 0.599. The van der Waals surface area contributed by atoms with E-state index in [1.54, 1.807) is 0 Å². The minimum atomic E-state index is -1.14. The minimum Gasteiger partial charge on any atom is -0.453 e. The van der Waals surface area contributed by atoms with Gasteiger partial charge in [-0.05, 0) is 29.7 Å². The predicted molar refractivity (Wildman–Crippen MR) is 85.9 cm³/mol. The predicted octanol–water partition coefficient (Wildman–Crippen LogP) is 3.75. The van der Waals surface area contributed by atoms with Crippen LogP contribution in [0.4, 0.5) is 5.69 Å². The van der Waals surface area contributed by atoms with Gasteiger partial charge in [-0.25, -0.2) is 0 Å². The summed E-state index contributed by atoms with van der Waals surface area (Å²) in [6, 6.07) is 13.8. The number of amides is 1. The number of rotatable bonds is 4. The summed E-state index contributed by atoms with van der Waals surface area (Å²) < 4.78 is 10.8. The second-order valence-corrected chi connectivity index (χ2v) is 5.93. The van der Waals surface area contributed by atoms with Gasteiger partial charge in [0.2, 0.25) is 6.79 Å². The molecule has 0 aliphatic carbocycles. The number of carbonyl (C=O) groups is 1. The molecule has 1 aliphatic rings. The smallest absolute Gasteiger partial charge is 0.257 e. The monoisotopic (exact) mass is 337 g/mol. The number of halogens is 2. The van der Waals surface area contributed by atoms with Crippen molar-refractivity contribution < 1.29 is 14.3 Å². The highest BCUT2D eigenvalue weighted by molar-refractivity contribution is 6.54. The highest BCUT2D eigenvalue weighted by atomic mass is 35.5. The van der Waals surface area contributed by atoms with Gasteiger partial charge in [0.15, 0.2) is 16.3 Å². The first-order valence-electron chi connectivity index (χ1n) is 6.69. The van der Waals surface area contributed by atoms with Crippen molar-refractivity contribution in [2.45, 2.75) is 11.3 Å². The second-order valence-electron chi connectivity index (χ2n) is 4.83. The van der Waals surface area contributed by atoms with Crippen LogP contribution in [0, 0.1) is 0 Å². The number of hydrogen-bond acceptors (Lipinski definition) is 3. The zero-order valence-corrected chi connectivity index (χ0v) is 13.0. The van der Waals surface area contributed by atoms with E-state index in [-0.39, 0.29) is 6.79 Å². The Balaban J connectivity index is 1.90. The zero-order chi connectivity index (χ0) is 15.5. The average molecular weight is 338 g/mol. The van der Waals surface area contributed by atoms with Crippen LogP contribution in [0.3, 0.4) is 0 Å². The van der Waals surface area contributed by atoms with Crippen LogP contribution in [0.1, 0.15) is 11.1 Å². The van der Waals surface area contributed by atoms with Crippen molar-refractivity contribution in [2.24, 2.45) is 0 Å². The number of hydrogen-bond donors (Lipinski definition) is 1. The van der Waals surface area contributed by atoms with Crippen molar-refractivity contribution in [1.29, 1.82) is 0 Å². The van der Waals surface area contributed by atoms with E-state index in [0.29, 0.717) is 23.6 Å². The SMILES string of the molecule is O=C(Nc1cc(Cc2ccccc2)cc2c1OCO2)C(Cl)Cl. The molecule has 0 atom stereocenters. The molecule has 0 spiro atoms. The maximum atomic E-state index is 11.7. The molecule has 1 aliphatic heterocycles. The van der Waals surface area contributed by atoms with Gasteiger partial charge < -0.3 is 14.8 Å². The lowest BCUT2D eigenvalue weighted by Crippen LogP contribution is -2.19. The van der Waals surface area contributed by atoms with Gasteiger partial charge in [-0.1, -0.05) is 53.5 Å². The van der Waals surface area contributed by atoms with Crippen LogP contribution in [0.5, 0.6) is 11.5 Å². The Kier molecular flexibility index (Phi) is 4.41. The number of fused-ring (bicyclic) bond motifs is 1. The Bertz CT molecular complexity index is 689. The van der Waals surface area contributed by atoms with Crippen LogP contribution in [-0.4, -0.2) is 17.5 Å². The molecule has 4 nitrogen and oxygen atoms in total. The standard InChI is InChI=1S/C16H13Cl2NO3/c17-15(18)16(20)19-12-7-11(6-10-4-2-1-3-5-10)8-13-14(12)22-9-21-13/h1-5,7-8,15H,6,9H2,(H,19,20). The molecule has 0 bridgehead atoms. The van der Waals surface area contributed by atoms with Crippen LogP contribution in [0.15, 0.2) is 42.5 Å². The fraction of sp³-hybridized carbons (Fsp3) is 0.188. The molecule has 0 aromatic heterocycles. The van der Waals surface area contributed by atoms with Gasteiger partial charge in [-0.2, -0.15) is 0 Å². The summed E-state index contributed by atoms with van der Waals surface area (Å²) in [4.78, 5) is 10.6. The highest BCUT2D eigenvalue weighted by Gasteiger charge is 2.22. The lowest BCUT2D eigenvalue weighted by atomic mass is 10.0. The Labute approximate surface area is 137 Å². The van der Waals surface area contributed by atoms with Crippen LogP contribution in [-0.2, 0) is 11.2 Å². The molecule has 0 saturated carbocycles. The molecule has 3 rings (SSSR count). The molecule has 0 unspecified atom stereocenters. The van der Waals surface area contributed by atoms with Gasteiger partial charge >= 0.3 is 0 Å². The molecule has 6 heteroatoms. The molecule has 1 heterocycles. The van der Waals surface area contributed by atoms with E-state index in [4.69, 9.17) is 32.7 Å². The van der Waals surface area contributed by atoms with Crippen LogP contribution >= 0.6 is 23.2 Å². The summed E-state index contributed by atoms with van der Waals surface area (Å²) in [5.41, 5.74) is 2.66. The first kappa shape index (κ1) is 15.0. The largest absolute Gasteiger partial charge is 0.453 e. The minimum absolute atomic E-state index is 0.123. The van der Waals surface area contributed by atoms with Crippen molar-refractivity contribution in [3.63, 3.8) is 0 Å². The van der Waals surface area contributed by atoms with Gasteiger partial charge in [0, 0.05) is 0 Å². The van der Waals surface area contributed by atoms with Gasteiger partial charge in [0.05, 0.1) is 5.69 Å². The molecule has 22 heavy (non-hydrogen) atoms. The number of carbonyl (C=O) groups excluding carboxylic acids is 1. The van der Waals surface area contributed by atoms with Gasteiger partial charge in [-0.15, -0.1) is 0 Å². The Hall–Kier alpha value is -1.91. The number of ether oxygens (including phenoxy) is 2. The number of benzene rings is 2. The first-order chi connectivity index (χ1) is 10.6. The average Bonchev–Trinajstić information content (AvgIpc) is 2.96. The first-order valence-corrected chi connectivity index (χ1v) is 7.56. The summed E-state index contributed by atoms with van der Waals surface area (Å²) in [5, 5.41) is 2.66. The van der Waals surface area contributed by atoms with Crippen LogP contribution < -0.4 is 14.8 Å². The van der Waals surface area contributed by atoms with E-state index in [2.05, 4.69) is 5.32 Å². The Morgan fingerprint density at radius 3 is 2.64 bits per heavy atom. The third-order valence-corrected chi connectivity index (χ3v) is 3.64. The van der Waals surface area contributed by atoms with Gasteiger partial charge in [0.25, 0.3) is 5.91 Å². The summed E-state index contributed by atoms with van der Waals surface area (Å²) in [7, 11) is 0. The molecule has 0 radical (unpaired) electrons. The third kappa shape index (κ3) is 3.29. The fourth-order valence-corrected chi connectivity index (χ4v) is 2.39. The molecule has 1 amide bonds. The summed E-state index contributed by atoms with van der Waals surface area (Å²) in [6.07, 6.45) is 0.714. The molecule has 2 aromatic rings. The lowest BCUT2D eigenvalue weighted by molar-refractivity contribution is -0.114. The van der Waals surface area contributed by atoms with E-state index in [1.165, 1.54) is 0 Å². The van der Waals surface area contributed by atoms with Crippen molar-refractivity contribution in [2.75, 3.05) is 12.1 Å². The maximum absolute atomic E-state index is 11.7. The fourth-order valence-electron chi connectivity index (χ4n) is 2.28. The van der Waals surface area contributed by atoms with Crippen molar-refractivity contribution in [3.8, 4) is 11.5 Å². The number of alkyl halides is 2. The Morgan fingerprint density at radius 2 is 1.91 bits per heavy atom. The van der Waals surface area contributed by atoms with Crippen LogP contribution in [0.2, 0.25) is 0 Å². The van der Waals surface area contributed by atoms with Crippen molar-refractivity contribution in [1.82, 2.24) is 0 Å². The summed E-state index contributed by atoms with van der Waals surface area (Å²) >= 11 is 11.2. The normalized spacial score (nSPS) is 12.5. The maximum Gasteiger partial charge on any atom is 0.257 e. The topological polar surface area (TPSA) is 47.6 Å². The van der Waals surface area contributed by atoms with Crippen LogP contribution in [0.25, 0.3) is 0 Å². The lowest BCUT2D eigenvalue weighted by Gasteiger charge is -2.11. The molecule has 0 fully saturated rings. The van der Waals surface area contributed by atoms with E-state index in [0.717, 1.165) is 11.1 Å². The van der Waals surface area contributed by atoms with Gasteiger partial charge in [0.1, 0.15) is 0 Å². The van der Waals surface area contributed by atoms with Crippen molar-refractivity contribution >= 4 is 34.8 Å². The number of nitrogens with one attached hydrogen (secondary N) is 1. The van der Waals surface area contributed by atoms with Crippen molar-refractivity contribution in [3.05, 3.63) is 53.6 Å². The quantitative estimate of drug-likeness (QED) is 0.864. The Morgan fingerprint density at radius 1 is 1.14 bits per heavy atom. The summed E-state index contributed by atoms with van der Waals surface area (Å²) in [6.45, 7) is 0.123. The second kappa shape index (κ2) is 6.46. The van der Waals surface area contributed by atoms with E-state index < -0.39 is 10.7 Å². The molecular weight excluding hydrogens is 325 g/mol. The molecular formula is C16H13Cl2NO3. The molecule has 0 saturated heterocycles. The third-order valence-electron chi connectivity index (χ3n) is 3.24. The number of anilines is 1. The van der Waals surface area contributed by atoms with E-state index in [1.807, 2.05) is 42.5 Å². The molecule has 2 aromatic carbocycles. The zero-order valence-electron chi connectivity index (χ0n) is 11.5. The van der Waals surface area contributed by atoms with E-state index >= 15 is 0 Å².